The van der Waals surface area contributed by atoms with Crippen LogP contribution in [0.1, 0.15) is 71.3 Å². The topological polar surface area (TPSA) is 70.6 Å². The van der Waals surface area contributed by atoms with Crippen LogP contribution in [0.5, 0.6) is 0 Å². The smallest absolute Gasteiger partial charge is 0.275 e. The zero-order chi connectivity index (χ0) is 20.7. The molecule has 2 amide bonds. The second-order valence-corrected chi connectivity index (χ2v) is 9.82. The van der Waals surface area contributed by atoms with Crippen LogP contribution in [0.15, 0.2) is 23.2 Å². The summed E-state index contributed by atoms with van der Waals surface area (Å²) in [5.41, 5.74) is 3.53. The van der Waals surface area contributed by atoms with Gasteiger partial charge in [0.05, 0.1) is 11.3 Å². The first-order valence-corrected chi connectivity index (χ1v) is 11.9. The lowest BCUT2D eigenvalue weighted by atomic mass is 9.93. The van der Waals surface area contributed by atoms with E-state index in [0.717, 1.165) is 44.1 Å². The molecule has 5 nitrogen and oxygen atoms in total. The molecule has 0 unspecified atom stereocenters. The Morgan fingerprint density at radius 1 is 1.13 bits per heavy atom. The van der Waals surface area contributed by atoms with Crippen LogP contribution in [0.2, 0.25) is 5.02 Å². The first kappa shape index (κ1) is 19.8. The predicted molar refractivity (Wildman–Crippen MR) is 122 cm³/mol. The fraction of sp³-hybridized carbons (Fsp3) is 0.435. The summed E-state index contributed by atoms with van der Waals surface area (Å²) in [6, 6.07) is 5.52. The molecule has 3 aliphatic rings. The van der Waals surface area contributed by atoms with E-state index in [9.17, 15) is 9.59 Å². The molecule has 1 saturated carbocycles. The van der Waals surface area contributed by atoms with Crippen molar-refractivity contribution < 1.29 is 9.59 Å². The standard InChI is InChI=1S/C23H24ClN3O2S/c24-13-10-11-17-16(12-13)20(22(29)26-17)27-23-19(15-8-4-5-9-18(15)30-23)21(28)25-14-6-2-1-3-7-14/h10-12,14H,1-9H2,(H,25,28)(H,26,27,29). The zero-order valence-electron chi connectivity index (χ0n) is 16.7. The lowest BCUT2D eigenvalue weighted by Crippen LogP contribution is -2.36. The number of thiophene rings is 1. The van der Waals surface area contributed by atoms with Gasteiger partial charge in [-0.15, -0.1) is 11.3 Å². The number of nitrogens with one attached hydrogen (secondary N) is 2. The molecule has 156 valence electrons. The molecule has 1 fully saturated rings. The van der Waals surface area contributed by atoms with Gasteiger partial charge in [-0.1, -0.05) is 30.9 Å². The summed E-state index contributed by atoms with van der Waals surface area (Å²) < 4.78 is 0. The van der Waals surface area contributed by atoms with Crippen molar-refractivity contribution in [3.05, 3.63) is 44.8 Å². The third-order valence-corrected chi connectivity index (χ3v) is 7.65. The molecule has 1 aromatic heterocycles. The first-order valence-electron chi connectivity index (χ1n) is 10.8. The van der Waals surface area contributed by atoms with E-state index in [2.05, 4.69) is 10.6 Å². The molecule has 0 bridgehead atoms. The van der Waals surface area contributed by atoms with Gasteiger partial charge in [-0.05, 0) is 62.3 Å². The van der Waals surface area contributed by atoms with Gasteiger partial charge < -0.3 is 10.6 Å². The molecule has 30 heavy (non-hydrogen) atoms. The lowest BCUT2D eigenvalue weighted by Gasteiger charge is -2.23. The molecule has 1 aliphatic heterocycles. The maximum atomic E-state index is 13.3. The SMILES string of the molecule is O=C1Nc2ccc(Cl)cc2C1=Nc1sc2c(c1C(=O)NC1CCCCC1)CCCC2. The minimum Gasteiger partial charge on any atom is -0.349 e. The van der Waals surface area contributed by atoms with E-state index in [1.54, 1.807) is 29.5 Å². The Kier molecular flexibility index (Phi) is 5.37. The van der Waals surface area contributed by atoms with Gasteiger partial charge in [-0.2, -0.15) is 0 Å². The van der Waals surface area contributed by atoms with Gasteiger partial charge in [0.1, 0.15) is 10.7 Å². The van der Waals surface area contributed by atoms with Gasteiger partial charge in [-0.25, -0.2) is 4.99 Å². The lowest BCUT2D eigenvalue weighted by molar-refractivity contribution is -0.110. The van der Waals surface area contributed by atoms with Crippen LogP contribution in [0, 0.1) is 0 Å². The molecule has 5 rings (SSSR count). The van der Waals surface area contributed by atoms with E-state index in [4.69, 9.17) is 16.6 Å². The normalized spacial score (nSPS) is 20.0. The number of aliphatic imine (C=N–C) groups is 1. The fourth-order valence-electron chi connectivity index (χ4n) is 4.71. The molecular formula is C23H24ClN3O2S. The zero-order valence-corrected chi connectivity index (χ0v) is 18.3. The molecule has 0 radical (unpaired) electrons. The first-order chi connectivity index (χ1) is 14.6. The Hall–Kier alpha value is -2.18. The number of carbonyl (C=O) groups excluding carboxylic acids is 2. The molecule has 2 aliphatic carbocycles. The van der Waals surface area contributed by atoms with E-state index in [-0.39, 0.29) is 17.9 Å². The average Bonchev–Trinajstić information content (AvgIpc) is 3.26. The van der Waals surface area contributed by atoms with E-state index in [1.165, 1.54) is 24.1 Å². The van der Waals surface area contributed by atoms with Crippen LogP contribution < -0.4 is 10.6 Å². The highest BCUT2D eigenvalue weighted by atomic mass is 35.5. The number of fused-ring (bicyclic) bond motifs is 2. The van der Waals surface area contributed by atoms with E-state index < -0.39 is 0 Å². The monoisotopic (exact) mass is 441 g/mol. The summed E-state index contributed by atoms with van der Waals surface area (Å²) in [5, 5.41) is 7.30. The Labute approximate surface area is 184 Å². The van der Waals surface area contributed by atoms with Gasteiger partial charge in [0.2, 0.25) is 0 Å². The summed E-state index contributed by atoms with van der Waals surface area (Å²) in [7, 11) is 0. The Balaban J connectivity index is 1.55. The molecule has 0 spiro atoms. The molecule has 2 N–H and O–H groups in total. The summed E-state index contributed by atoms with van der Waals surface area (Å²) in [6.45, 7) is 0. The highest BCUT2D eigenvalue weighted by Crippen LogP contribution is 2.41. The largest absolute Gasteiger partial charge is 0.349 e. The van der Waals surface area contributed by atoms with Crippen LogP contribution in [-0.4, -0.2) is 23.6 Å². The van der Waals surface area contributed by atoms with Crippen LogP contribution in [0.25, 0.3) is 0 Å². The number of aryl methyl sites for hydroxylation is 1. The van der Waals surface area contributed by atoms with Gasteiger partial charge >= 0.3 is 0 Å². The highest BCUT2D eigenvalue weighted by molar-refractivity contribution is 7.16. The summed E-state index contributed by atoms with van der Waals surface area (Å²) in [5.74, 6) is -0.289. The van der Waals surface area contributed by atoms with Crippen LogP contribution >= 0.6 is 22.9 Å². The number of anilines is 1. The van der Waals surface area contributed by atoms with Crippen LogP contribution in [0.4, 0.5) is 10.7 Å². The van der Waals surface area contributed by atoms with Crippen molar-refractivity contribution in [1.29, 1.82) is 0 Å². The molecule has 1 aromatic carbocycles. The number of carbonyl (C=O) groups is 2. The molecule has 7 heteroatoms. The number of nitrogens with zero attached hydrogens (tertiary/aromatic N) is 1. The molecule has 2 aromatic rings. The van der Waals surface area contributed by atoms with Crippen LogP contribution in [0.3, 0.4) is 0 Å². The van der Waals surface area contributed by atoms with Gasteiger partial charge in [0.15, 0.2) is 0 Å². The van der Waals surface area contributed by atoms with Crippen molar-refractivity contribution in [2.24, 2.45) is 4.99 Å². The maximum Gasteiger partial charge on any atom is 0.275 e. The van der Waals surface area contributed by atoms with Crippen molar-refractivity contribution >= 4 is 51.2 Å². The molecule has 0 atom stereocenters. The van der Waals surface area contributed by atoms with Gasteiger partial charge in [0, 0.05) is 21.5 Å². The van der Waals surface area contributed by atoms with Crippen molar-refractivity contribution in [2.45, 2.75) is 63.8 Å². The van der Waals surface area contributed by atoms with Gasteiger partial charge in [-0.3, -0.25) is 9.59 Å². The number of rotatable bonds is 3. The van der Waals surface area contributed by atoms with E-state index in [0.29, 0.717) is 32.5 Å². The van der Waals surface area contributed by atoms with Crippen molar-refractivity contribution in [3.8, 4) is 0 Å². The molecular weight excluding hydrogens is 418 g/mol. The molecule has 2 heterocycles. The fourth-order valence-corrected chi connectivity index (χ4v) is 6.14. The third-order valence-electron chi connectivity index (χ3n) is 6.23. The molecule has 0 saturated heterocycles. The number of hydrogen-bond acceptors (Lipinski definition) is 4. The number of hydrogen-bond donors (Lipinski definition) is 2. The van der Waals surface area contributed by atoms with Crippen molar-refractivity contribution in [1.82, 2.24) is 5.32 Å². The van der Waals surface area contributed by atoms with Crippen molar-refractivity contribution in [3.63, 3.8) is 0 Å². The third kappa shape index (κ3) is 3.67. The Bertz CT molecular complexity index is 1050. The number of amides is 2. The maximum absolute atomic E-state index is 13.3. The Morgan fingerprint density at radius 2 is 1.93 bits per heavy atom. The number of benzene rings is 1. The second kappa shape index (κ2) is 8.16. The highest BCUT2D eigenvalue weighted by Gasteiger charge is 2.30. The second-order valence-electron chi connectivity index (χ2n) is 8.30. The number of halogens is 1. The summed E-state index contributed by atoms with van der Waals surface area (Å²) in [6.07, 6.45) is 9.75. The average molecular weight is 442 g/mol. The van der Waals surface area contributed by atoms with Gasteiger partial charge in [0.25, 0.3) is 11.8 Å². The Morgan fingerprint density at radius 3 is 2.77 bits per heavy atom. The predicted octanol–water partition coefficient (Wildman–Crippen LogP) is 5.42. The van der Waals surface area contributed by atoms with Crippen LogP contribution in [-0.2, 0) is 17.6 Å². The minimum atomic E-state index is -0.253. The summed E-state index contributed by atoms with van der Waals surface area (Å²) >= 11 is 7.72. The van der Waals surface area contributed by atoms with E-state index >= 15 is 0 Å². The van der Waals surface area contributed by atoms with E-state index in [1.807, 2.05) is 0 Å². The van der Waals surface area contributed by atoms with Crippen molar-refractivity contribution in [2.75, 3.05) is 5.32 Å². The minimum absolute atomic E-state index is 0.0367. The quantitative estimate of drug-likeness (QED) is 0.667. The summed E-state index contributed by atoms with van der Waals surface area (Å²) in [4.78, 5) is 31.9.